The molecule has 23 heavy (non-hydrogen) atoms. The van der Waals surface area contributed by atoms with Crippen LogP contribution < -0.4 is 5.32 Å². The van der Waals surface area contributed by atoms with E-state index in [1.807, 2.05) is 0 Å². The van der Waals surface area contributed by atoms with Crippen LogP contribution in [0.25, 0.3) is 10.9 Å². The monoisotopic (exact) mass is 316 g/mol. The molecule has 1 saturated carbocycles. The van der Waals surface area contributed by atoms with Crippen molar-refractivity contribution in [2.45, 2.75) is 50.2 Å². The van der Waals surface area contributed by atoms with Crippen LogP contribution in [-0.4, -0.2) is 29.1 Å². The number of halogens is 1. The van der Waals surface area contributed by atoms with E-state index < -0.39 is 0 Å². The molecule has 1 aromatic heterocycles. The molecule has 2 aromatic rings. The summed E-state index contributed by atoms with van der Waals surface area (Å²) in [6, 6.07) is 4.77. The number of hydrogen-bond donors (Lipinski definition) is 2. The van der Waals surface area contributed by atoms with Gasteiger partial charge in [0.15, 0.2) is 0 Å². The number of nitrogens with one attached hydrogen (secondary N) is 2. The van der Waals surface area contributed by atoms with Gasteiger partial charge < -0.3 is 15.0 Å². The van der Waals surface area contributed by atoms with Gasteiger partial charge in [0, 0.05) is 23.6 Å². The molecule has 1 unspecified atom stereocenters. The number of carbonyl (C=O) groups excluding carboxylic acids is 1. The minimum atomic E-state index is -0.378. The Labute approximate surface area is 134 Å². The van der Waals surface area contributed by atoms with Gasteiger partial charge in [0.25, 0.3) is 5.91 Å². The van der Waals surface area contributed by atoms with Crippen LogP contribution in [-0.2, 0) is 4.74 Å². The fraction of sp³-hybridized carbons (Fsp3) is 0.500. The lowest BCUT2D eigenvalue weighted by atomic mass is 9.74. The van der Waals surface area contributed by atoms with Crippen molar-refractivity contribution < 1.29 is 13.9 Å². The third-order valence-corrected chi connectivity index (χ3v) is 5.23. The second-order valence-corrected chi connectivity index (χ2v) is 6.74. The predicted molar refractivity (Wildman–Crippen MR) is 85.9 cm³/mol. The van der Waals surface area contributed by atoms with Crippen molar-refractivity contribution >= 4 is 16.8 Å². The summed E-state index contributed by atoms with van der Waals surface area (Å²) in [5, 5.41) is 3.26. The van der Waals surface area contributed by atoms with E-state index in [0.29, 0.717) is 23.0 Å². The fourth-order valence-electron chi connectivity index (χ4n) is 3.83. The lowest BCUT2D eigenvalue weighted by molar-refractivity contribution is -0.166. The number of aromatic amines is 1. The molecule has 2 aliphatic rings. The smallest absolute Gasteiger partial charge is 0.253 e. The number of H-pyrrole nitrogens is 1. The molecule has 2 heterocycles. The number of ether oxygens (including phenoxy) is 1. The van der Waals surface area contributed by atoms with E-state index in [1.165, 1.54) is 12.5 Å². The molecule has 2 N–H and O–H groups in total. The van der Waals surface area contributed by atoms with Crippen LogP contribution in [0.1, 0.15) is 48.9 Å². The van der Waals surface area contributed by atoms with Gasteiger partial charge in [-0.25, -0.2) is 4.39 Å². The Morgan fingerprint density at radius 1 is 1.35 bits per heavy atom. The zero-order valence-electron chi connectivity index (χ0n) is 13.0. The fourth-order valence-corrected chi connectivity index (χ4v) is 3.83. The van der Waals surface area contributed by atoms with Gasteiger partial charge in [-0.05, 0) is 50.7 Å². The van der Waals surface area contributed by atoms with Crippen molar-refractivity contribution in [3.05, 3.63) is 35.8 Å². The Morgan fingerprint density at radius 2 is 2.17 bits per heavy atom. The molecule has 5 heteroatoms. The van der Waals surface area contributed by atoms with Gasteiger partial charge in [-0.3, -0.25) is 4.79 Å². The standard InChI is InChI=1S/C18H21FN2O2/c19-14-5-1-6-15-16(14)13(11-20-15)17(22)21-10-12-4-2-7-18(23-12)8-3-9-18/h1,5-6,11-12,20H,2-4,7-10H2,(H,21,22). The van der Waals surface area contributed by atoms with E-state index >= 15 is 0 Å². The topological polar surface area (TPSA) is 54.1 Å². The average Bonchev–Trinajstić information content (AvgIpc) is 2.97. The quantitative estimate of drug-likeness (QED) is 0.910. The summed E-state index contributed by atoms with van der Waals surface area (Å²) in [6.07, 6.45) is 8.45. The van der Waals surface area contributed by atoms with Crippen LogP contribution in [0.15, 0.2) is 24.4 Å². The summed E-state index contributed by atoms with van der Waals surface area (Å²) in [7, 11) is 0. The zero-order chi connectivity index (χ0) is 15.9. The van der Waals surface area contributed by atoms with E-state index in [0.717, 1.165) is 32.1 Å². The van der Waals surface area contributed by atoms with E-state index in [4.69, 9.17) is 4.74 Å². The van der Waals surface area contributed by atoms with Crippen LogP contribution in [0.2, 0.25) is 0 Å². The largest absolute Gasteiger partial charge is 0.370 e. The van der Waals surface area contributed by atoms with Gasteiger partial charge in [-0.2, -0.15) is 0 Å². The minimum absolute atomic E-state index is 0.0723. The molecule has 0 radical (unpaired) electrons. The van der Waals surface area contributed by atoms with Crippen molar-refractivity contribution in [1.82, 2.24) is 10.3 Å². The van der Waals surface area contributed by atoms with E-state index in [2.05, 4.69) is 10.3 Å². The molecule has 4 rings (SSSR count). The minimum Gasteiger partial charge on any atom is -0.370 e. The highest BCUT2D eigenvalue weighted by molar-refractivity contribution is 6.06. The highest BCUT2D eigenvalue weighted by Crippen LogP contribution is 2.43. The number of amides is 1. The SMILES string of the molecule is O=C(NCC1CCCC2(CCC2)O1)c1c[nH]c2cccc(F)c12. The predicted octanol–water partition coefficient (Wildman–Crippen LogP) is 3.53. The zero-order valence-corrected chi connectivity index (χ0v) is 13.0. The first-order valence-electron chi connectivity index (χ1n) is 8.39. The normalized spacial score (nSPS) is 22.9. The van der Waals surface area contributed by atoms with Crippen LogP contribution in [0, 0.1) is 5.82 Å². The van der Waals surface area contributed by atoms with Crippen LogP contribution >= 0.6 is 0 Å². The molecule has 1 saturated heterocycles. The highest BCUT2D eigenvalue weighted by atomic mass is 19.1. The van der Waals surface area contributed by atoms with Crippen molar-refractivity contribution in [3.63, 3.8) is 0 Å². The summed E-state index contributed by atoms with van der Waals surface area (Å²) in [4.78, 5) is 15.4. The molecule has 1 aliphatic carbocycles. The van der Waals surface area contributed by atoms with Crippen molar-refractivity contribution in [3.8, 4) is 0 Å². The molecule has 1 amide bonds. The van der Waals surface area contributed by atoms with Gasteiger partial charge in [0.1, 0.15) is 5.82 Å². The number of aromatic nitrogens is 1. The molecule has 1 atom stereocenters. The maximum absolute atomic E-state index is 14.0. The Hall–Kier alpha value is -1.88. The van der Waals surface area contributed by atoms with Gasteiger partial charge >= 0.3 is 0 Å². The third-order valence-electron chi connectivity index (χ3n) is 5.23. The molecule has 1 aliphatic heterocycles. The second-order valence-electron chi connectivity index (χ2n) is 6.74. The lowest BCUT2D eigenvalue weighted by Crippen LogP contribution is -2.49. The Kier molecular flexibility index (Phi) is 3.60. The van der Waals surface area contributed by atoms with Crippen molar-refractivity contribution in [2.24, 2.45) is 0 Å². The highest BCUT2D eigenvalue weighted by Gasteiger charge is 2.42. The number of hydrogen-bond acceptors (Lipinski definition) is 2. The van der Waals surface area contributed by atoms with Gasteiger partial charge in [-0.15, -0.1) is 0 Å². The van der Waals surface area contributed by atoms with E-state index in [9.17, 15) is 9.18 Å². The van der Waals surface area contributed by atoms with Crippen molar-refractivity contribution in [2.75, 3.05) is 6.54 Å². The van der Waals surface area contributed by atoms with Gasteiger partial charge in [0.2, 0.25) is 0 Å². The van der Waals surface area contributed by atoms with Crippen LogP contribution in [0.4, 0.5) is 4.39 Å². The van der Waals surface area contributed by atoms with Crippen LogP contribution in [0.3, 0.4) is 0 Å². The summed E-state index contributed by atoms with van der Waals surface area (Å²) in [6.45, 7) is 0.488. The number of carbonyl (C=O) groups is 1. The molecule has 1 aromatic carbocycles. The molecule has 0 bridgehead atoms. The van der Waals surface area contributed by atoms with E-state index in [-0.39, 0.29) is 23.4 Å². The first-order chi connectivity index (χ1) is 11.2. The van der Waals surface area contributed by atoms with Crippen LogP contribution in [0.5, 0.6) is 0 Å². The maximum atomic E-state index is 14.0. The third kappa shape index (κ3) is 2.63. The Balaban J connectivity index is 1.43. The average molecular weight is 316 g/mol. The summed E-state index contributed by atoms with van der Waals surface area (Å²) < 4.78 is 20.2. The summed E-state index contributed by atoms with van der Waals surface area (Å²) in [5.41, 5.74) is 1.07. The molecular weight excluding hydrogens is 295 g/mol. The molecule has 2 fully saturated rings. The van der Waals surface area contributed by atoms with Gasteiger partial charge in [-0.1, -0.05) is 6.07 Å². The number of rotatable bonds is 3. The van der Waals surface area contributed by atoms with Crippen molar-refractivity contribution in [1.29, 1.82) is 0 Å². The summed E-state index contributed by atoms with van der Waals surface area (Å²) in [5.74, 6) is -0.630. The number of benzene rings is 1. The van der Waals surface area contributed by atoms with Gasteiger partial charge in [0.05, 0.1) is 17.3 Å². The second kappa shape index (κ2) is 5.64. The molecule has 1 spiro atoms. The molecule has 122 valence electrons. The van der Waals surface area contributed by atoms with E-state index in [1.54, 1.807) is 18.3 Å². The number of fused-ring (bicyclic) bond motifs is 1. The first kappa shape index (κ1) is 14.7. The Morgan fingerprint density at radius 3 is 2.96 bits per heavy atom. The first-order valence-corrected chi connectivity index (χ1v) is 8.39. The molecular formula is C18H21FN2O2. The lowest BCUT2D eigenvalue weighted by Gasteiger charge is -2.47. The molecule has 4 nitrogen and oxygen atoms in total. The maximum Gasteiger partial charge on any atom is 0.253 e. The Bertz CT molecular complexity index is 736. The summed E-state index contributed by atoms with van der Waals surface area (Å²) >= 11 is 0.